The van der Waals surface area contributed by atoms with Crippen molar-refractivity contribution in [1.82, 2.24) is 0 Å². The van der Waals surface area contributed by atoms with Gasteiger partial charge < -0.3 is 0 Å². The molecule has 0 aliphatic rings. The first-order valence-corrected chi connectivity index (χ1v) is 19.0. The Balaban J connectivity index is 0.00000207. The van der Waals surface area contributed by atoms with Crippen LogP contribution in [-0.2, 0) is 6.42 Å². The van der Waals surface area contributed by atoms with Gasteiger partial charge in [0.25, 0.3) is 0 Å². The molecule has 0 heteroatoms. The van der Waals surface area contributed by atoms with E-state index in [-0.39, 0.29) is 5.92 Å². The highest BCUT2D eigenvalue weighted by Crippen LogP contribution is 2.39. The molecule has 0 radical (unpaired) electrons. The van der Waals surface area contributed by atoms with E-state index >= 15 is 0 Å². The number of benzene rings is 8. The van der Waals surface area contributed by atoms with Gasteiger partial charge in [-0.2, -0.15) is 0 Å². The number of fused-ring (bicyclic) bond motifs is 2. The summed E-state index contributed by atoms with van der Waals surface area (Å²) in [5.41, 5.74) is 10.8. The Morgan fingerprint density at radius 3 is 1.33 bits per heavy atom. The van der Waals surface area contributed by atoms with Crippen LogP contribution >= 0.6 is 0 Å². The highest BCUT2D eigenvalue weighted by molar-refractivity contribution is 5.87. The Hall–Kier alpha value is -5.72. The van der Waals surface area contributed by atoms with Crippen LogP contribution in [0.4, 0.5) is 0 Å². The Labute approximate surface area is 310 Å². The summed E-state index contributed by atoms with van der Waals surface area (Å²) in [5, 5.41) is 5.28. The fourth-order valence-electron chi connectivity index (χ4n) is 7.89. The Kier molecular flexibility index (Phi) is 11.0. The minimum Gasteiger partial charge on any atom is -0.0683 e. The zero-order valence-electron chi connectivity index (χ0n) is 30.6. The fourth-order valence-corrected chi connectivity index (χ4v) is 7.89. The van der Waals surface area contributed by atoms with Gasteiger partial charge in [0.05, 0.1) is 0 Å². The summed E-state index contributed by atoms with van der Waals surface area (Å²) in [7, 11) is 0. The summed E-state index contributed by atoms with van der Waals surface area (Å²) >= 11 is 0. The van der Waals surface area contributed by atoms with Crippen molar-refractivity contribution in [2.75, 3.05) is 0 Å². The molecule has 0 aliphatic heterocycles. The largest absolute Gasteiger partial charge is 0.0683 e. The van der Waals surface area contributed by atoms with Crippen molar-refractivity contribution in [3.8, 4) is 11.1 Å². The molecule has 8 aromatic carbocycles. The summed E-state index contributed by atoms with van der Waals surface area (Å²) in [6.07, 6.45) is 2.00. The van der Waals surface area contributed by atoms with Gasteiger partial charge in [0.1, 0.15) is 0 Å². The van der Waals surface area contributed by atoms with E-state index in [1.807, 2.05) is 13.8 Å². The average molecular weight is 673 g/mol. The van der Waals surface area contributed by atoms with Gasteiger partial charge in [-0.25, -0.2) is 0 Å². The van der Waals surface area contributed by atoms with E-state index in [0.717, 1.165) is 12.8 Å². The van der Waals surface area contributed by atoms with Gasteiger partial charge in [-0.3, -0.25) is 0 Å². The first-order valence-electron chi connectivity index (χ1n) is 19.0. The van der Waals surface area contributed by atoms with Crippen LogP contribution in [-0.4, -0.2) is 0 Å². The SMILES string of the molecule is CC.CC(CC(c1ccccc1)c1cccc2ccccc12)c1ccc(-c2ccc(CC(c3ccccc3)c3cccc4ccccc34)cc2)cc1. The minimum absolute atomic E-state index is 0.280. The third kappa shape index (κ3) is 7.63. The zero-order valence-corrected chi connectivity index (χ0v) is 30.6. The van der Waals surface area contributed by atoms with E-state index < -0.39 is 0 Å². The lowest BCUT2D eigenvalue weighted by Crippen LogP contribution is -2.07. The quantitative estimate of drug-likeness (QED) is 0.136. The van der Waals surface area contributed by atoms with Crippen LogP contribution in [0.15, 0.2) is 194 Å². The minimum atomic E-state index is 0.280. The molecular weight excluding hydrogens is 625 g/mol. The van der Waals surface area contributed by atoms with E-state index in [4.69, 9.17) is 0 Å². The summed E-state index contributed by atoms with van der Waals surface area (Å²) in [6.45, 7) is 6.38. The van der Waals surface area contributed by atoms with E-state index in [1.54, 1.807) is 0 Å². The number of hydrogen-bond donors (Lipinski definition) is 0. The first kappa shape index (κ1) is 34.7. The van der Waals surface area contributed by atoms with Crippen molar-refractivity contribution < 1.29 is 0 Å². The number of rotatable bonds is 10. The molecular formula is C52H48. The highest BCUT2D eigenvalue weighted by atomic mass is 14.2. The van der Waals surface area contributed by atoms with Crippen molar-refractivity contribution in [3.63, 3.8) is 0 Å². The maximum Gasteiger partial charge on any atom is 0.0136 e. The topological polar surface area (TPSA) is 0 Å². The second-order valence-electron chi connectivity index (χ2n) is 13.7. The molecule has 0 N–H and O–H groups in total. The number of hydrogen-bond acceptors (Lipinski definition) is 0. The molecule has 256 valence electrons. The molecule has 0 aliphatic carbocycles. The Bertz CT molecular complexity index is 2310. The van der Waals surface area contributed by atoms with Crippen LogP contribution in [0.25, 0.3) is 32.7 Å². The molecule has 8 aromatic rings. The van der Waals surface area contributed by atoms with Crippen LogP contribution < -0.4 is 0 Å². The van der Waals surface area contributed by atoms with Gasteiger partial charge in [0.15, 0.2) is 0 Å². The van der Waals surface area contributed by atoms with Crippen LogP contribution in [0.2, 0.25) is 0 Å². The monoisotopic (exact) mass is 672 g/mol. The van der Waals surface area contributed by atoms with Crippen molar-refractivity contribution in [1.29, 1.82) is 0 Å². The molecule has 8 rings (SSSR count). The lowest BCUT2D eigenvalue weighted by Gasteiger charge is -2.24. The van der Waals surface area contributed by atoms with E-state index in [9.17, 15) is 0 Å². The van der Waals surface area contributed by atoms with Crippen molar-refractivity contribution in [2.45, 2.75) is 51.4 Å². The van der Waals surface area contributed by atoms with Gasteiger partial charge >= 0.3 is 0 Å². The summed E-state index contributed by atoms with van der Waals surface area (Å²) in [4.78, 5) is 0. The van der Waals surface area contributed by atoms with Gasteiger partial charge in [0.2, 0.25) is 0 Å². The standard InChI is InChI=1S/C50H42.C2H6/c1-36(34-49(43-14-4-2-5-15-43)47-24-12-20-41-18-8-10-22-45(41)47)38-30-32-40(33-31-38)39-28-26-37(27-29-39)35-50(44-16-6-3-7-17-44)48-25-13-21-42-19-9-11-23-46(42)48;1-2/h2-33,36,49-50H,34-35H2,1H3;1-2H3. The molecule has 0 fully saturated rings. The van der Waals surface area contributed by atoms with Crippen LogP contribution in [0.5, 0.6) is 0 Å². The van der Waals surface area contributed by atoms with E-state index in [1.165, 1.54) is 66.1 Å². The van der Waals surface area contributed by atoms with Crippen molar-refractivity contribution in [2.24, 2.45) is 0 Å². The highest BCUT2D eigenvalue weighted by Gasteiger charge is 2.21. The lowest BCUT2D eigenvalue weighted by atomic mass is 9.80. The van der Waals surface area contributed by atoms with Gasteiger partial charge in [-0.1, -0.05) is 215 Å². The summed E-state index contributed by atoms with van der Waals surface area (Å²) in [5.74, 6) is 1.00. The lowest BCUT2D eigenvalue weighted by molar-refractivity contribution is 0.619. The predicted octanol–water partition coefficient (Wildman–Crippen LogP) is 14.4. The molecule has 0 saturated heterocycles. The second kappa shape index (κ2) is 16.5. The normalized spacial score (nSPS) is 12.8. The smallest absolute Gasteiger partial charge is 0.0136 e. The van der Waals surface area contributed by atoms with Crippen molar-refractivity contribution in [3.05, 3.63) is 228 Å². The third-order valence-corrected chi connectivity index (χ3v) is 10.6. The molecule has 3 atom stereocenters. The Morgan fingerprint density at radius 1 is 0.365 bits per heavy atom. The van der Waals surface area contributed by atoms with Crippen LogP contribution in [0, 0.1) is 0 Å². The van der Waals surface area contributed by atoms with Crippen LogP contribution in [0.1, 0.15) is 78.3 Å². The summed E-state index contributed by atoms with van der Waals surface area (Å²) < 4.78 is 0. The molecule has 0 aromatic heterocycles. The van der Waals surface area contributed by atoms with E-state index in [2.05, 4.69) is 201 Å². The van der Waals surface area contributed by atoms with Gasteiger partial charge in [0, 0.05) is 11.8 Å². The average Bonchev–Trinajstić information content (AvgIpc) is 3.23. The Morgan fingerprint density at radius 2 is 0.788 bits per heavy atom. The van der Waals surface area contributed by atoms with Gasteiger partial charge in [-0.05, 0) is 84.8 Å². The molecule has 0 bridgehead atoms. The maximum absolute atomic E-state index is 2.38. The maximum atomic E-state index is 2.38. The van der Waals surface area contributed by atoms with E-state index in [0.29, 0.717) is 11.8 Å². The molecule has 0 heterocycles. The predicted molar refractivity (Wildman–Crippen MR) is 224 cm³/mol. The third-order valence-electron chi connectivity index (χ3n) is 10.6. The molecule has 0 amide bonds. The first-order chi connectivity index (χ1) is 25.7. The summed E-state index contributed by atoms with van der Waals surface area (Å²) in [6, 6.07) is 71.6. The molecule has 0 nitrogen and oxygen atoms in total. The fraction of sp³-hybridized carbons (Fsp3) is 0.154. The molecule has 52 heavy (non-hydrogen) atoms. The molecule has 3 unspecified atom stereocenters. The zero-order chi connectivity index (χ0) is 35.7. The molecule has 0 spiro atoms. The second-order valence-corrected chi connectivity index (χ2v) is 13.7. The van der Waals surface area contributed by atoms with Crippen molar-refractivity contribution >= 4 is 21.5 Å². The van der Waals surface area contributed by atoms with Gasteiger partial charge in [-0.15, -0.1) is 0 Å². The molecule has 0 saturated carbocycles. The van der Waals surface area contributed by atoms with Crippen LogP contribution in [0.3, 0.4) is 0 Å².